The van der Waals surface area contributed by atoms with Gasteiger partial charge in [-0.1, -0.05) is 6.92 Å². The molecule has 0 fully saturated rings. The second kappa shape index (κ2) is 3.88. The number of hydrogen-bond donors (Lipinski definition) is 0. The maximum Gasteiger partial charge on any atom is 0.185 e. The summed E-state index contributed by atoms with van der Waals surface area (Å²) in [6.07, 6.45) is 0. The van der Waals surface area contributed by atoms with Crippen LogP contribution in [0.3, 0.4) is 0 Å². The average Bonchev–Trinajstić information content (AvgIpc) is 1.90. The van der Waals surface area contributed by atoms with Gasteiger partial charge >= 0.3 is 0 Å². The van der Waals surface area contributed by atoms with Crippen LogP contribution in [0.15, 0.2) is 0 Å². The van der Waals surface area contributed by atoms with Gasteiger partial charge in [-0.05, 0) is 13.6 Å². The molecule has 0 aromatic carbocycles. The third kappa shape index (κ3) is 2.12. The van der Waals surface area contributed by atoms with Gasteiger partial charge in [0.1, 0.15) is 0 Å². The van der Waals surface area contributed by atoms with Crippen LogP contribution >= 0.6 is 0 Å². The molecule has 3 heteroatoms. The molecule has 0 heterocycles. The van der Waals surface area contributed by atoms with Crippen molar-refractivity contribution in [1.82, 2.24) is 4.90 Å². The van der Waals surface area contributed by atoms with E-state index in [4.69, 9.17) is 10.5 Å². The molecule has 0 atom stereocenters. The van der Waals surface area contributed by atoms with Crippen LogP contribution in [-0.2, 0) is 0 Å². The number of nitrogens with zero attached hydrogens (tertiary/aromatic N) is 3. The topological polar surface area (TPSA) is 50.8 Å². The van der Waals surface area contributed by atoms with Crippen LogP contribution in [0.25, 0.3) is 0 Å². The van der Waals surface area contributed by atoms with Crippen LogP contribution in [0.2, 0.25) is 0 Å². The van der Waals surface area contributed by atoms with E-state index in [0.717, 1.165) is 6.54 Å². The lowest BCUT2D eigenvalue weighted by molar-refractivity contribution is 0.347. The molecule has 48 valence electrons. The second-order valence-electron chi connectivity index (χ2n) is 1.73. The monoisotopic (exact) mass is 123 g/mol. The summed E-state index contributed by atoms with van der Waals surface area (Å²) in [5.74, 6) is 0. The van der Waals surface area contributed by atoms with E-state index in [9.17, 15) is 0 Å². The number of hydrogen-bond acceptors (Lipinski definition) is 3. The molecule has 0 amide bonds. The SMILES string of the molecule is CCN(C)C(C#N)C#N. The Morgan fingerprint density at radius 2 is 1.89 bits per heavy atom. The smallest absolute Gasteiger partial charge is 0.185 e. The van der Waals surface area contributed by atoms with Gasteiger partial charge in [0, 0.05) is 0 Å². The normalized spacial score (nSPS) is 9.11. The molecule has 0 aliphatic heterocycles. The van der Waals surface area contributed by atoms with E-state index in [-0.39, 0.29) is 0 Å². The Balaban J connectivity index is 3.87. The van der Waals surface area contributed by atoms with Gasteiger partial charge in [-0.15, -0.1) is 0 Å². The van der Waals surface area contributed by atoms with Gasteiger partial charge in [0.25, 0.3) is 0 Å². The van der Waals surface area contributed by atoms with Crippen molar-refractivity contribution in [2.45, 2.75) is 13.0 Å². The van der Waals surface area contributed by atoms with Crippen LogP contribution in [0.4, 0.5) is 0 Å². The number of rotatable bonds is 2. The van der Waals surface area contributed by atoms with E-state index in [1.165, 1.54) is 0 Å². The molecular formula is C6H9N3. The Morgan fingerprint density at radius 1 is 1.44 bits per heavy atom. The molecule has 0 aromatic heterocycles. The molecule has 0 bridgehead atoms. The van der Waals surface area contributed by atoms with E-state index in [0.29, 0.717) is 0 Å². The molecule has 9 heavy (non-hydrogen) atoms. The molecular weight excluding hydrogens is 114 g/mol. The highest BCUT2D eigenvalue weighted by molar-refractivity contribution is 5.06. The lowest BCUT2D eigenvalue weighted by Crippen LogP contribution is -2.28. The molecule has 0 aliphatic rings. The fourth-order valence-corrected chi connectivity index (χ4v) is 0.409. The third-order valence-corrected chi connectivity index (χ3v) is 1.18. The second-order valence-corrected chi connectivity index (χ2v) is 1.73. The standard InChI is InChI=1S/C6H9N3/c1-3-9(2)6(4-7)5-8/h6H,3H2,1-2H3. The van der Waals surface area contributed by atoms with Crippen molar-refractivity contribution in [2.75, 3.05) is 13.6 Å². The Bertz CT molecular complexity index is 137. The maximum atomic E-state index is 8.31. The average molecular weight is 123 g/mol. The van der Waals surface area contributed by atoms with Gasteiger partial charge in [0.15, 0.2) is 6.04 Å². The van der Waals surface area contributed by atoms with E-state index >= 15 is 0 Å². The summed E-state index contributed by atoms with van der Waals surface area (Å²) in [6.45, 7) is 2.63. The highest BCUT2D eigenvalue weighted by Gasteiger charge is 2.08. The summed E-state index contributed by atoms with van der Waals surface area (Å²) >= 11 is 0. The zero-order valence-corrected chi connectivity index (χ0v) is 5.63. The summed E-state index contributed by atoms with van der Waals surface area (Å²) in [6, 6.07) is 3.15. The first kappa shape index (κ1) is 7.94. The fourth-order valence-electron chi connectivity index (χ4n) is 0.409. The van der Waals surface area contributed by atoms with Gasteiger partial charge in [-0.2, -0.15) is 10.5 Å². The molecule has 0 saturated heterocycles. The number of nitriles is 2. The van der Waals surface area contributed by atoms with Crippen molar-refractivity contribution in [3.63, 3.8) is 0 Å². The van der Waals surface area contributed by atoms with Gasteiger partial charge in [-0.25, -0.2) is 0 Å². The predicted molar refractivity (Wildman–Crippen MR) is 33.3 cm³/mol. The van der Waals surface area contributed by atoms with Crippen molar-refractivity contribution in [3.05, 3.63) is 0 Å². The fraction of sp³-hybridized carbons (Fsp3) is 0.667. The van der Waals surface area contributed by atoms with E-state index in [1.54, 1.807) is 11.9 Å². The van der Waals surface area contributed by atoms with Crippen LogP contribution in [-0.4, -0.2) is 24.5 Å². The first-order valence-electron chi connectivity index (χ1n) is 2.75. The van der Waals surface area contributed by atoms with Crippen molar-refractivity contribution in [1.29, 1.82) is 10.5 Å². The molecule has 0 rings (SSSR count). The molecule has 0 unspecified atom stereocenters. The van der Waals surface area contributed by atoms with Crippen molar-refractivity contribution in [3.8, 4) is 12.1 Å². The largest absolute Gasteiger partial charge is 0.280 e. The lowest BCUT2D eigenvalue weighted by atomic mass is 10.3. The van der Waals surface area contributed by atoms with Gasteiger partial charge in [0.05, 0.1) is 12.1 Å². The van der Waals surface area contributed by atoms with Gasteiger partial charge < -0.3 is 0 Å². The Kier molecular flexibility index (Phi) is 3.43. The maximum absolute atomic E-state index is 8.31. The predicted octanol–water partition coefficient (Wildman–Crippen LogP) is 0.354. The van der Waals surface area contributed by atoms with Crippen LogP contribution in [0.1, 0.15) is 6.92 Å². The van der Waals surface area contributed by atoms with E-state index in [2.05, 4.69) is 0 Å². The summed E-state index contributed by atoms with van der Waals surface area (Å²) in [5, 5.41) is 16.6. The molecule has 0 aliphatic carbocycles. The molecule has 0 aromatic rings. The summed E-state index contributed by atoms with van der Waals surface area (Å²) < 4.78 is 0. The first-order chi connectivity index (χ1) is 4.26. The minimum atomic E-state index is -0.588. The molecule has 0 spiro atoms. The first-order valence-corrected chi connectivity index (χ1v) is 2.75. The summed E-state index contributed by atoms with van der Waals surface area (Å²) in [7, 11) is 1.75. The van der Waals surface area contributed by atoms with Crippen LogP contribution in [0.5, 0.6) is 0 Å². The Morgan fingerprint density at radius 3 is 2.00 bits per heavy atom. The highest BCUT2D eigenvalue weighted by Crippen LogP contribution is 1.90. The molecule has 0 saturated carbocycles. The Labute approximate surface area is 55.1 Å². The van der Waals surface area contributed by atoms with Crippen molar-refractivity contribution >= 4 is 0 Å². The van der Waals surface area contributed by atoms with Crippen LogP contribution in [0, 0.1) is 22.7 Å². The van der Waals surface area contributed by atoms with Crippen molar-refractivity contribution in [2.24, 2.45) is 0 Å². The van der Waals surface area contributed by atoms with Crippen molar-refractivity contribution < 1.29 is 0 Å². The third-order valence-electron chi connectivity index (χ3n) is 1.18. The zero-order chi connectivity index (χ0) is 7.28. The zero-order valence-electron chi connectivity index (χ0n) is 5.63. The van der Waals surface area contributed by atoms with Gasteiger partial charge in [-0.3, -0.25) is 4.90 Å². The lowest BCUT2D eigenvalue weighted by Gasteiger charge is -2.12. The van der Waals surface area contributed by atoms with E-state index in [1.807, 2.05) is 19.1 Å². The quantitative estimate of drug-likeness (QED) is 0.532. The molecule has 0 radical (unpaired) electrons. The highest BCUT2D eigenvalue weighted by atomic mass is 15.1. The summed E-state index contributed by atoms with van der Waals surface area (Å²) in [5.41, 5.74) is 0. The minimum absolute atomic E-state index is 0.588. The summed E-state index contributed by atoms with van der Waals surface area (Å²) in [4.78, 5) is 1.68. The molecule has 3 nitrogen and oxygen atoms in total. The Hall–Kier alpha value is -1.06. The van der Waals surface area contributed by atoms with E-state index < -0.39 is 6.04 Å². The molecule has 0 N–H and O–H groups in total. The van der Waals surface area contributed by atoms with Crippen LogP contribution < -0.4 is 0 Å². The minimum Gasteiger partial charge on any atom is -0.280 e. The van der Waals surface area contributed by atoms with Gasteiger partial charge in [0.2, 0.25) is 0 Å².